The molecule has 1 aromatic carbocycles. The Morgan fingerprint density at radius 1 is 1.20 bits per heavy atom. The Labute approximate surface area is 90.2 Å². The highest BCUT2D eigenvalue weighted by atomic mass is 16.7. The van der Waals surface area contributed by atoms with Crippen molar-refractivity contribution in [2.45, 2.75) is 6.92 Å². The van der Waals surface area contributed by atoms with Gasteiger partial charge < -0.3 is 9.25 Å². The van der Waals surface area contributed by atoms with Crippen LogP contribution in [0.2, 0.25) is 0 Å². The maximum absolute atomic E-state index is 5.17. The zero-order chi connectivity index (χ0) is 11.3. The van der Waals surface area contributed by atoms with Gasteiger partial charge in [0.15, 0.2) is 0 Å². The van der Waals surface area contributed by atoms with Gasteiger partial charge in [-0.3, -0.25) is 0 Å². The number of furan rings is 1. The molecule has 0 radical (unpaired) electrons. The zero-order valence-corrected chi connectivity index (χ0v) is 9.65. The SMILES string of the molecule is CON(C)C.Cc1ccc2occc2c1. The second kappa shape index (κ2) is 5.53. The molecule has 1 aromatic heterocycles. The van der Waals surface area contributed by atoms with Gasteiger partial charge in [0, 0.05) is 19.5 Å². The highest BCUT2D eigenvalue weighted by Gasteiger charge is 1.93. The van der Waals surface area contributed by atoms with Gasteiger partial charge in [-0.1, -0.05) is 11.6 Å². The molecule has 0 bridgehead atoms. The first-order chi connectivity index (χ1) is 7.13. The number of aryl methyl sites for hydroxylation is 1. The Morgan fingerprint density at radius 2 is 1.87 bits per heavy atom. The van der Waals surface area contributed by atoms with Crippen LogP contribution < -0.4 is 0 Å². The van der Waals surface area contributed by atoms with Gasteiger partial charge >= 0.3 is 0 Å². The summed E-state index contributed by atoms with van der Waals surface area (Å²) in [6.07, 6.45) is 1.71. The van der Waals surface area contributed by atoms with Gasteiger partial charge in [-0.25, -0.2) is 0 Å². The van der Waals surface area contributed by atoms with Crippen molar-refractivity contribution in [3.63, 3.8) is 0 Å². The minimum Gasteiger partial charge on any atom is -0.464 e. The number of hydrogen-bond donors (Lipinski definition) is 0. The van der Waals surface area contributed by atoms with E-state index in [0.717, 1.165) is 5.58 Å². The van der Waals surface area contributed by atoms with Crippen LogP contribution in [-0.4, -0.2) is 26.3 Å². The Kier molecular flexibility index (Phi) is 4.34. The van der Waals surface area contributed by atoms with Gasteiger partial charge in [0.25, 0.3) is 0 Å². The van der Waals surface area contributed by atoms with Crippen LogP contribution in [0.4, 0.5) is 0 Å². The molecule has 0 aliphatic rings. The van der Waals surface area contributed by atoms with Crippen molar-refractivity contribution >= 4 is 11.0 Å². The largest absolute Gasteiger partial charge is 0.464 e. The van der Waals surface area contributed by atoms with E-state index < -0.39 is 0 Å². The number of benzene rings is 1. The molecule has 0 saturated heterocycles. The normalized spacial score (nSPS) is 10.2. The summed E-state index contributed by atoms with van der Waals surface area (Å²) in [5.74, 6) is 0. The van der Waals surface area contributed by atoms with Crippen LogP contribution in [0, 0.1) is 6.92 Å². The molecule has 0 unspecified atom stereocenters. The maximum atomic E-state index is 5.17. The Morgan fingerprint density at radius 3 is 2.47 bits per heavy atom. The predicted octanol–water partition coefficient (Wildman–Crippen LogP) is 2.85. The van der Waals surface area contributed by atoms with Gasteiger partial charge in [0.05, 0.1) is 13.4 Å². The van der Waals surface area contributed by atoms with Crippen LogP contribution in [0.15, 0.2) is 34.9 Å². The fraction of sp³-hybridized carbons (Fsp3) is 0.333. The van der Waals surface area contributed by atoms with Crippen molar-refractivity contribution < 1.29 is 9.25 Å². The van der Waals surface area contributed by atoms with E-state index in [-0.39, 0.29) is 0 Å². The number of rotatable bonds is 1. The summed E-state index contributed by atoms with van der Waals surface area (Å²) in [4.78, 5) is 4.58. The standard InChI is InChI=1S/C9H8O.C3H9NO/c1-7-2-3-9-8(6-7)4-5-10-9;1-4(2)5-3/h2-6H,1H3;1-3H3. The summed E-state index contributed by atoms with van der Waals surface area (Å²) in [5.41, 5.74) is 2.24. The van der Waals surface area contributed by atoms with Crippen LogP contribution in [0.1, 0.15) is 5.56 Å². The van der Waals surface area contributed by atoms with E-state index in [2.05, 4.69) is 17.8 Å². The quantitative estimate of drug-likeness (QED) is 0.672. The first kappa shape index (κ1) is 11.8. The molecule has 0 aliphatic heterocycles. The van der Waals surface area contributed by atoms with E-state index in [1.54, 1.807) is 18.4 Å². The molecule has 1 heterocycles. The molecular formula is C12H17NO2. The molecular weight excluding hydrogens is 190 g/mol. The Hall–Kier alpha value is -1.32. The molecule has 0 amide bonds. The second-order valence-electron chi connectivity index (χ2n) is 3.46. The van der Waals surface area contributed by atoms with E-state index in [4.69, 9.17) is 4.42 Å². The fourth-order valence-corrected chi connectivity index (χ4v) is 1.09. The zero-order valence-electron chi connectivity index (χ0n) is 9.65. The second-order valence-corrected chi connectivity index (χ2v) is 3.46. The molecule has 3 heteroatoms. The lowest BCUT2D eigenvalue weighted by atomic mass is 10.2. The van der Waals surface area contributed by atoms with Gasteiger partial charge in [0.1, 0.15) is 5.58 Å². The lowest BCUT2D eigenvalue weighted by Gasteiger charge is -2.01. The van der Waals surface area contributed by atoms with Crippen molar-refractivity contribution in [1.29, 1.82) is 0 Å². The van der Waals surface area contributed by atoms with E-state index in [1.165, 1.54) is 10.9 Å². The lowest BCUT2D eigenvalue weighted by Crippen LogP contribution is -2.07. The van der Waals surface area contributed by atoms with Gasteiger partial charge in [-0.2, -0.15) is 5.06 Å². The summed E-state index contributed by atoms with van der Waals surface area (Å²) >= 11 is 0. The third-order valence-electron chi connectivity index (χ3n) is 1.97. The van der Waals surface area contributed by atoms with E-state index >= 15 is 0 Å². The molecule has 82 valence electrons. The molecule has 0 aliphatic carbocycles. The van der Waals surface area contributed by atoms with Crippen LogP contribution in [0.5, 0.6) is 0 Å². The van der Waals surface area contributed by atoms with Crippen LogP contribution in [-0.2, 0) is 4.84 Å². The van der Waals surface area contributed by atoms with Crippen LogP contribution >= 0.6 is 0 Å². The first-order valence-corrected chi connectivity index (χ1v) is 4.79. The molecule has 3 nitrogen and oxygen atoms in total. The summed E-state index contributed by atoms with van der Waals surface area (Å²) in [5, 5.41) is 2.81. The Balaban J connectivity index is 0.000000195. The minimum atomic E-state index is 0.964. The summed E-state index contributed by atoms with van der Waals surface area (Å²) in [6, 6.07) is 8.12. The number of hydrogen-bond acceptors (Lipinski definition) is 3. The molecule has 2 rings (SSSR count). The molecule has 2 aromatic rings. The third kappa shape index (κ3) is 3.73. The van der Waals surface area contributed by atoms with E-state index in [9.17, 15) is 0 Å². The third-order valence-corrected chi connectivity index (χ3v) is 1.97. The molecule has 0 spiro atoms. The van der Waals surface area contributed by atoms with Crippen molar-refractivity contribution in [2.75, 3.05) is 21.2 Å². The van der Waals surface area contributed by atoms with E-state index in [0.29, 0.717) is 0 Å². The van der Waals surface area contributed by atoms with E-state index in [1.807, 2.05) is 32.3 Å². The van der Waals surface area contributed by atoms with Gasteiger partial charge in [-0.15, -0.1) is 0 Å². The van der Waals surface area contributed by atoms with Crippen molar-refractivity contribution in [2.24, 2.45) is 0 Å². The highest BCUT2D eigenvalue weighted by molar-refractivity contribution is 5.77. The average molecular weight is 207 g/mol. The van der Waals surface area contributed by atoms with Crippen molar-refractivity contribution in [3.8, 4) is 0 Å². The topological polar surface area (TPSA) is 25.6 Å². The van der Waals surface area contributed by atoms with Crippen LogP contribution in [0.25, 0.3) is 11.0 Å². The number of hydroxylamine groups is 2. The van der Waals surface area contributed by atoms with Crippen LogP contribution in [0.3, 0.4) is 0 Å². The maximum Gasteiger partial charge on any atom is 0.133 e. The smallest absolute Gasteiger partial charge is 0.133 e. The molecule has 0 fully saturated rings. The summed E-state index contributed by atoms with van der Waals surface area (Å²) < 4.78 is 5.17. The lowest BCUT2D eigenvalue weighted by molar-refractivity contribution is -0.0855. The molecule has 0 saturated carbocycles. The van der Waals surface area contributed by atoms with Gasteiger partial charge in [0.2, 0.25) is 0 Å². The molecule has 15 heavy (non-hydrogen) atoms. The minimum absolute atomic E-state index is 0.964. The first-order valence-electron chi connectivity index (χ1n) is 4.79. The predicted molar refractivity (Wildman–Crippen MR) is 61.6 cm³/mol. The Bertz CT molecular complexity index is 407. The van der Waals surface area contributed by atoms with Gasteiger partial charge in [-0.05, 0) is 25.1 Å². The highest BCUT2D eigenvalue weighted by Crippen LogP contribution is 2.15. The number of nitrogens with zero attached hydrogens (tertiary/aromatic N) is 1. The van der Waals surface area contributed by atoms with Crippen molar-refractivity contribution in [3.05, 3.63) is 36.1 Å². The fourth-order valence-electron chi connectivity index (χ4n) is 1.09. The molecule has 0 N–H and O–H groups in total. The summed E-state index contributed by atoms with van der Waals surface area (Å²) in [6.45, 7) is 2.08. The molecule has 0 atom stereocenters. The number of fused-ring (bicyclic) bond motifs is 1. The summed E-state index contributed by atoms with van der Waals surface area (Å²) in [7, 11) is 5.29. The average Bonchev–Trinajstić information content (AvgIpc) is 2.65. The monoisotopic (exact) mass is 207 g/mol. The van der Waals surface area contributed by atoms with Crippen molar-refractivity contribution in [1.82, 2.24) is 5.06 Å².